The average Bonchev–Trinajstić information content (AvgIpc) is 2.67. The maximum atomic E-state index is 11.3. The fourth-order valence-corrected chi connectivity index (χ4v) is 1.01. The second kappa shape index (κ2) is 5.34. The topological polar surface area (TPSA) is 56.5 Å². The molecule has 0 atom stereocenters. The molecule has 0 aliphatic heterocycles. The maximum absolute atomic E-state index is 11.3. The predicted octanol–water partition coefficient (Wildman–Crippen LogP) is 1.46. The van der Waals surface area contributed by atoms with Crippen molar-refractivity contribution in [2.75, 3.05) is 13.7 Å². The lowest BCUT2D eigenvalue weighted by Gasteiger charge is -1.97. The Hall–Kier alpha value is -1.42. The standard InChI is InChI=1S/C10H12O4/c1-13-6-4-8(11)7-9(12)10-3-2-5-14-10/h2-3,5H,4,6-7H2,1H3. The van der Waals surface area contributed by atoms with Crippen molar-refractivity contribution in [3.05, 3.63) is 24.2 Å². The number of hydrogen-bond acceptors (Lipinski definition) is 4. The van der Waals surface area contributed by atoms with E-state index in [-0.39, 0.29) is 30.2 Å². The van der Waals surface area contributed by atoms with Crippen LogP contribution in [-0.4, -0.2) is 25.3 Å². The highest BCUT2D eigenvalue weighted by Crippen LogP contribution is 2.05. The number of carbonyl (C=O) groups is 2. The Labute approximate surface area is 81.9 Å². The van der Waals surface area contributed by atoms with E-state index in [9.17, 15) is 9.59 Å². The highest BCUT2D eigenvalue weighted by atomic mass is 16.5. The van der Waals surface area contributed by atoms with Crippen molar-refractivity contribution in [1.82, 2.24) is 0 Å². The monoisotopic (exact) mass is 196 g/mol. The van der Waals surface area contributed by atoms with Gasteiger partial charge in [0.2, 0.25) is 5.78 Å². The zero-order valence-corrected chi connectivity index (χ0v) is 7.99. The van der Waals surface area contributed by atoms with Crippen LogP contribution in [0.2, 0.25) is 0 Å². The first-order valence-electron chi connectivity index (χ1n) is 4.31. The Morgan fingerprint density at radius 1 is 1.50 bits per heavy atom. The molecule has 1 aromatic rings. The molecule has 0 aliphatic rings. The van der Waals surface area contributed by atoms with Crippen LogP contribution in [0, 0.1) is 0 Å². The molecule has 0 aliphatic carbocycles. The van der Waals surface area contributed by atoms with Gasteiger partial charge in [-0.3, -0.25) is 9.59 Å². The van der Waals surface area contributed by atoms with E-state index in [0.29, 0.717) is 6.61 Å². The third-order valence-electron chi connectivity index (χ3n) is 1.74. The zero-order valence-electron chi connectivity index (χ0n) is 7.99. The summed E-state index contributed by atoms with van der Waals surface area (Å²) in [6, 6.07) is 3.17. The van der Waals surface area contributed by atoms with Crippen LogP contribution in [0.3, 0.4) is 0 Å². The van der Waals surface area contributed by atoms with Gasteiger partial charge in [0.25, 0.3) is 0 Å². The Balaban J connectivity index is 2.38. The second-order valence-electron chi connectivity index (χ2n) is 2.86. The molecule has 0 spiro atoms. The molecule has 1 rings (SSSR count). The van der Waals surface area contributed by atoms with Crippen molar-refractivity contribution in [3.8, 4) is 0 Å². The molecule has 0 N–H and O–H groups in total. The Bertz CT molecular complexity index is 300. The average molecular weight is 196 g/mol. The van der Waals surface area contributed by atoms with Crippen LogP contribution >= 0.6 is 0 Å². The highest BCUT2D eigenvalue weighted by Gasteiger charge is 2.13. The third-order valence-corrected chi connectivity index (χ3v) is 1.74. The summed E-state index contributed by atoms with van der Waals surface area (Å²) in [4.78, 5) is 22.5. The van der Waals surface area contributed by atoms with Crippen molar-refractivity contribution >= 4 is 11.6 Å². The zero-order chi connectivity index (χ0) is 10.4. The molecule has 14 heavy (non-hydrogen) atoms. The summed E-state index contributed by atoms with van der Waals surface area (Å²) in [6.45, 7) is 0.351. The second-order valence-corrected chi connectivity index (χ2v) is 2.86. The molecule has 1 aromatic heterocycles. The molecule has 0 bridgehead atoms. The molecule has 0 saturated carbocycles. The van der Waals surface area contributed by atoms with E-state index in [0.717, 1.165) is 0 Å². The maximum Gasteiger partial charge on any atom is 0.205 e. The van der Waals surface area contributed by atoms with Gasteiger partial charge in [0.05, 0.1) is 19.3 Å². The fraction of sp³-hybridized carbons (Fsp3) is 0.400. The predicted molar refractivity (Wildman–Crippen MR) is 49.2 cm³/mol. The van der Waals surface area contributed by atoms with Crippen molar-refractivity contribution in [3.63, 3.8) is 0 Å². The van der Waals surface area contributed by atoms with Crippen molar-refractivity contribution in [1.29, 1.82) is 0 Å². The highest BCUT2D eigenvalue weighted by molar-refractivity contribution is 6.06. The minimum Gasteiger partial charge on any atom is -0.461 e. The van der Waals surface area contributed by atoms with Gasteiger partial charge in [0, 0.05) is 13.5 Å². The largest absolute Gasteiger partial charge is 0.461 e. The van der Waals surface area contributed by atoms with Crippen LogP contribution < -0.4 is 0 Å². The van der Waals surface area contributed by atoms with Gasteiger partial charge in [-0.25, -0.2) is 0 Å². The summed E-state index contributed by atoms with van der Waals surface area (Å²) >= 11 is 0. The smallest absolute Gasteiger partial charge is 0.205 e. The molecule has 1 heterocycles. The summed E-state index contributed by atoms with van der Waals surface area (Å²) in [5, 5.41) is 0. The van der Waals surface area contributed by atoms with Crippen molar-refractivity contribution in [2.24, 2.45) is 0 Å². The fourth-order valence-electron chi connectivity index (χ4n) is 1.01. The number of ketones is 2. The van der Waals surface area contributed by atoms with Gasteiger partial charge in [-0.15, -0.1) is 0 Å². The Morgan fingerprint density at radius 3 is 2.86 bits per heavy atom. The molecule has 0 saturated heterocycles. The molecule has 0 radical (unpaired) electrons. The number of furan rings is 1. The number of methoxy groups -OCH3 is 1. The van der Waals surface area contributed by atoms with E-state index >= 15 is 0 Å². The van der Waals surface area contributed by atoms with E-state index in [2.05, 4.69) is 0 Å². The van der Waals surface area contributed by atoms with Gasteiger partial charge in [0.15, 0.2) is 5.76 Å². The van der Waals surface area contributed by atoms with E-state index in [4.69, 9.17) is 9.15 Å². The summed E-state index contributed by atoms with van der Waals surface area (Å²) in [6.07, 6.45) is 1.56. The van der Waals surface area contributed by atoms with Gasteiger partial charge in [-0.05, 0) is 12.1 Å². The summed E-state index contributed by atoms with van der Waals surface area (Å²) in [5.41, 5.74) is 0. The van der Waals surface area contributed by atoms with Crippen molar-refractivity contribution in [2.45, 2.75) is 12.8 Å². The molecular formula is C10H12O4. The van der Waals surface area contributed by atoms with Gasteiger partial charge < -0.3 is 9.15 Å². The minimum absolute atomic E-state index is 0.114. The van der Waals surface area contributed by atoms with Crippen LogP contribution in [0.25, 0.3) is 0 Å². The first-order chi connectivity index (χ1) is 6.74. The van der Waals surface area contributed by atoms with Gasteiger partial charge in [-0.2, -0.15) is 0 Å². The lowest BCUT2D eigenvalue weighted by molar-refractivity contribution is -0.119. The summed E-state index contributed by atoms with van der Waals surface area (Å²) in [5.74, 6) is -0.180. The first kappa shape index (κ1) is 10.7. The Morgan fingerprint density at radius 2 is 2.29 bits per heavy atom. The number of Topliss-reactive ketones (excluding diaryl/α,β-unsaturated/α-hetero) is 2. The number of ether oxygens (including phenoxy) is 1. The lowest BCUT2D eigenvalue weighted by atomic mass is 10.1. The molecule has 4 heteroatoms. The molecule has 0 fully saturated rings. The quantitative estimate of drug-likeness (QED) is 0.510. The first-order valence-corrected chi connectivity index (χ1v) is 4.31. The summed E-state index contributed by atoms with van der Waals surface area (Å²) < 4.78 is 9.60. The van der Waals surface area contributed by atoms with Crippen LogP contribution in [0.5, 0.6) is 0 Å². The van der Waals surface area contributed by atoms with Gasteiger partial charge >= 0.3 is 0 Å². The SMILES string of the molecule is COCCC(=O)CC(=O)c1ccco1. The number of carbonyl (C=O) groups excluding carboxylic acids is 2. The molecular weight excluding hydrogens is 184 g/mol. The van der Waals surface area contributed by atoms with Gasteiger partial charge in [-0.1, -0.05) is 0 Å². The lowest BCUT2D eigenvalue weighted by Crippen LogP contribution is -2.09. The number of rotatable bonds is 6. The third kappa shape index (κ3) is 3.14. The van der Waals surface area contributed by atoms with Gasteiger partial charge in [0.1, 0.15) is 5.78 Å². The molecule has 0 unspecified atom stereocenters. The molecule has 0 amide bonds. The van der Waals surface area contributed by atoms with Crippen LogP contribution in [-0.2, 0) is 9.53 Å². The van der Waals surface area contributed by atoms with E-state index in [1.165, 1.54) is 13.4 Å². The molecule has 0 aromatic carbocycles. The van der Waals surface area contributed by atoms with Crippen LogP contribution in [0.15, 0.2) is 22.8 Å². The molecule has 4 nitrogen and oxygen atoms in total. The summed E-state index contributed by atoms with van der Waals surface area (Å²) in [7, 11) is 1.52. The normalized spacial score (nSPS) is 10.1. The van der Waals surface area contributed by atoms with Crippen LogP contribution in [0.4, 0.5) is 0 Å². The van der Waals surface area contributed by atoms with E-state index in [1.807, 2.05) is 0 Å². The van der Waals surface area contributed by atoms with Crippen LogP contribution in [0.1, 0.15) is 23.4 Å². The Kier molecular flexibility index (Phi) is 4.07. The number of hydrogen-bond donors (Lipinski definition) is 0. The van der Waals surface area contributed by atoms with Crippen molar-refractivity contribution < 1.29 is 18.7 Å². The minimum atomic E-state index is -0.281. The molecule has 76 valence electrons. The van der Waals surface area contributed by atoms with E-state index < -0.39 is 0 Å². The van der Waals surface area contributed by atoms with E-state index in [1.54, 1.807) is 12.1 Å².